The van der Waals surface area contributed by atoms with Gasteiger partial charge < -0.3 is 10.1 Å². The van der Waals surface area contributed by atoms with Crippen LogP contribution in [0.1, 0.15) is 65.0 Å². The molecule has 0 aromatic heterocycles. The molecule has 0 spiro atoms. The maximum atomic E-state index is 5.96. The van der Waals surface area contributed by atoms with E-state index in [1.54, 1.807) is 0 Å². The maximum Gasteiger partial charge on any atom is 0.120 e. The minimum atomic E-state index is -0.138. The van der Waals surface area contributed by atoms with Gasteiger partial charge in [0.25, 0.3) is 0 Å². The van der Waals surface area contributed by atoms with Crippen molar-refractivity contribution in [2.75, 3.05) is 26.2 Å². The van der Waals surface area contributed by atoms with Crippen molar-refractivity contribution in [3.63, 3.8) is 0 Å². The van der Waals surface area contributed by atoms with Crippen LogP contribution < -0.4 is 10.1 Å². The highest BCUT2D eigenvalue weighted by Crippen LogP contribution is 2.29. The van der Waals surface area contributed by atoms with Gasteiger partial charge in [0.05, 0.1) is 0 Å². The Morgan fingerprint density at radius 2 is 1.64 bits per heavy atom. The van der Waals surface area contributed by atoms with E-state index < -0.39 is 0 Å². The first-order chi connectivity index (χ1) is 11.0. The van der Waals surface area contributed by atoms with E-state index in [0.717, 1.165) is 31.9 Å². The van der Waals surface area contributed by atoms with Crippen LogP contribution in [-0.2, 0) is 0 Å². The van der Waals surface area contributed by atoms with Crippen molar-refractivity contribution < 1.29 is 4.74 Å². The molecule has 0 bridgehead atoms. The molecule has 25 heavy (non-hydrogen) atoms. The summed E-state index contributed by atoms with van der Waals surface area (Å²) < 4.78 is 5.96. The molecule has 146 valence electrons. The first-order valence-corrected chi connectivity index (χ1v) is 9.23. The van der Waals surface area contributed by atoms with Crippen LogP contribution in [0.25, 0.3) is 0 Å². The van der Waals surface area contributed by atoms with E-state index in [1.165, 1.54) is 31.2 Å². The van der Waals surface area contributed by atoms with Crippen molar-refractivity contribution in [2.24, 2.45) is 0 Å². The number of piperazine rings is 1. The molecule has 0 aliphatic carbocycles. The summed E-state index contributed by atoms with van der Waals surface area (Å²) in [6.07, 6.45) is 5.18. The molecule has 0 saturated carbocycles. The molecule has 1 N–H and O–H groups in total. The smallest absolute Gasteiger partial charge is 0.120 e. The number of unbranched alkanes of at least 4 members (excludes halogenated alkanes) is 2. The monoisotopic (exact) mass is 390 g/mol. The summed E-state index contributed by atoms with van der Waals surface area (Å²) >= 11 is 0. The van der Waals surface area contributed by atoms with Gasteiger partial charge in [-0.1, -0.05) is 38.3 Å². The molecule has 0 unspecified atom stereocenters. The van der Waals surface area contributed by atoms with Gasteiger partial charge in [-0.2, -0.15) is 0 Å². The van der Waals surface area contributed by atoms with Gasteiger partial charge in [-0.05, 0) is 44.9 Å². The summed E-state index contributed by atoms with van der Waals surface area (Å²) in [5, 5.41) is 3.46. The summed E-state index contributed by atoms with van der Waals surface area (Å²) in [6.45, 7) is 13.1. The molecule has 1 aliphatic rings. The van der Waals surface area contributed by atoms with Gasteiger partial charge in [0.1, 0.15) is 11.4 Å². The molecule has 1 fully saturated rings. The number of hydrogen-bond donors (Lipinski definition) is 1. The zero-order valence-electron chi connectivity index (χ0n) is 16.2. The number of halogens is 2. The third-order valence-electron chi connectivity index (χ3n) is 4.36. The minimum Gasteiger partial charge on any atom is -0.488 e. The molecular weight excluding hydrogens is 355 g/mol. The van der Waals surface area contributed by atoms with E-state index in [1.807, 2.05) is 0 Å². The van der Waals surface area contributed by atoms with Gasteiger partial charge in [-0.15, -0.1) is 24.8 Å². The molecule has 1 aromatic rings. The van der Waals surface area contributed by atoms with E-state index in [2.05, 4.69) is 62.2 Å². The molecule has 0 radical (unpaired) electrons. The number of nitrogens with one attached hydrogen (secondary N) is 1. The quantitative estimate of drug-likeness (QED) is 0.644. The largest absolute Gasteiger partial charge is 0.488 e. The van der Waals surface area contributed by atoms with Crippen LogP contribution >= 0.6 is 24.8 Å². The standard InChI is InChI=1S/C20H34N2O.2ClH/c1-5-6-7-8-19(22-15-13-21-14-16-22)17-9-11-18(12-10-17)23-20(2,3)4;;/h9-12,19,21H,5-8,13-16H2,1-4H3;2*1H/t19-;;/m0../s1. The highest BCUT2D eigenvalue weighted by atomic mass is 35.5. The average Bonchev–Trinajstić information content (AvgIpc) is 2.52. The summed E-state index contributed by atoms with van der Waals surface area (Å²) in [7, 11) is 0. The Balaban J connectivity index is 0.00000288. The highest BCUT2D eigenvalue weighted by Gasteiger charge is 2.22. The van der Waals surface area contributed by atoms with Crippen LogP contribution in [-0.4, -0.2) is 36.7 Å². The van der Waals surface area contributed by atoms with Crippen molar-refractivity contribution in [1.82, 2.24) is 10.2 Å². The number of benzene rings is 1. The molecule has 1 saturated heterocycles. The lowest BCUT2D eigenvalue weighted by Gasteiger charge is -2.35. The van der Waals surface area contributed by atoms with Crippen LogP contribution in [0.4, 0.5) is 0 Å². The average molecular weight is 391 g/mol. The van der Waals surface area contributed by atoms with Crippen LogP contribution in [0.5, 0.6) is 5.75 Å². The Morgan fingerprint density at radius 1 is 1.04 bits per heavy atom. The van der Waals surface area contributed by atoms with Crippen LogP contribution in [0.3, 0.4) is 0 Å². The predicted octanol–water partition coefficient (Wildman–Crippen LogP) is 5.23. The van der Waals surface area contributed by atoms with Crippen molar-refractivity contribution in [3.8, 4) is 5.75 Å². The Labute approximate surface area is 166 Å². The highest BCUT2D eigenvalue weighted by molar-refractivity contribution is 5.85. The van der Waals surface area contributed by atoms with E-state index in [-0.39, 0.29) is 30.4 Å². The zero-order valence-corrected chi connectivity index (χ0v) is 17.8. The van der Waals surface area contributed by atoms with Crippen molar-refractivity contribution in [3.05, 3.63) is 29.8 Å². The molecule has 2 rings (SSSR count). The van der Waals surface area contributed by atoms with Gasteiger partial charge in [0, 0.05) is 32.2 Å². The molecule has 1 heterocycles. The normalized spacial score (nSPS) is 16.5. The van der Waals surface area contributed by atoms with Gasteiger partial charge in [0.15, 0.2) is 0 Å². The fourth-order valence-corrected chi connectivity index (χ4v) is 3.25. The molecule has 1 atom stereocenters. The Hall–Kier alpha value is -0.480. The Bertz CT molecular complexity index is 454. The van der Waals surface area contributed by atoms with Crippen molar-refractivity contribution in [2.45, 2.75) is 65.0 Å². The fraction of sp³-hybridized carbons (Fsp3) is 0.700. The SMILES string of the molecule is CCCCC[C@@H](c1ccc(OC(C)(C)C)cc1)N1CCNCC1.Cl.Cl. The summed E-state index contributed by atoms with van der Waals surface area (Å²) in [5.74, 6) is 0.967. The van der Waals surface area contributed by atoms with E-state index >= 15 is 0 Å². The summed E-state index contributed by atoms with van der Waals surface area (Å²) in [5.41, 5.74) is 1.30. The van der Waals surface area contributed by atoms with Gasteiger partial charge in [0.2, 0.25) is 0 Å². The maximum absolute atomic E-state index is 5.96. The van der Waals surface area contributed by atoms with Gasteiger partial charge >= 0.3 is 0 Å². The van der Waals surface area contributed by atoms with Gasteiger partial charge in [-0.3, -0.25) is 4.90 Å². The number of ether oxygens (including phenoxy) is 1. The van der Waals surface area contributed by atoms with E-state index in [4.69, 9.17) is 4.74 Å². The van der Waals surface area contributed by atoms with Crippen molar-refractivity contribution >= 4 is 24.8 Å². The number of rotatable bonds is 7. The lowest BCUT2D eigenvalue weighted by atomic mass is 9.98. The van der Waals surface area contributed by atoms with Crippen LogP contribution in [0, 0.1) is 0 Å². The molecule has 1 aromatic carbocycles. The number of nitrogens with zero attached hydrogens (tertiary/aromatic N) is 1. The van der Waals surface area contributed by atoms with Gasteiger partial charge in [-0.25, -0.2) is 0 Å². The summed E-state index contributed by atoms with van der Waals surface area (Å²) in [4.78, 5) is 2.64. The molecule has 1 aliphatic heterocycles. The topological polar surface area (TPSA) is 24.5 Å². The third-order valence-corrected chi connectivity index (χ3v) is 4.36. The zero-order chi connectivity index (χ0) is 16.7. The lowest BCUT2D eigenvalue weighted by molar-refractivity contribution is 0.130. The summed E-state index contributed by atoms with van der Waals surface area (Å²) in [6, 6.07) is 9.34. The molecule has 0 amide bonds. The fourth-order valence-electron chi connectivity index (χ4n) is 3.25. The molecule has 5 heteroatoms. The first-order valence-electron chi connectivity index (χ1n) is 9.23. The van der Waals surface area contributed by atoms with Crippen LogP contribution in [0.2, 0.25) is 0 Å². The van der Waals surface area contributed by atoms with E-state index in [0.29, 0.717) is 6.04 Å². The van der Waals surface area contributed by atoms with E-state index in [9.17, 15) is 0 Å². The Morgan fingerprint density at radius 3 is 2.16 bits per heavy atom. The number of hydrogen-bond acceptors (Lipinski definition) is 3. The second-order valence-corrected chi connectivity index (χ2v) is 7.58. The second-order valence-electron chi connectivity index (χ2n) is 7.58. The van der Waals surface area contributed by atoms with Crippen LogP contribution in [0.15, 0.2) is 24.3 Å². The first kappa shape index (κ1) is 24.5. The second kappa shape index (κ2) is 12.0. The van der Waals surface area contributed by atoms with Crippen molar-refractivity contribution in [1.29, 1.82) is 0 Å². The molecular formula is C20H36Cl2N2O. The minimum absolute atomic E-state index is 0. The predicted molar refractivity (Wildman–Crippen MR) is 113 cm³/mol. The lowest BCUT2D eigenvalue weighted by Crippen LogP contribution is -2.45. The molecule has 3 nitrogen and oxygen atoms in total. The third kappa shape index (κ3) is 8.63. The Kier molecular flexibility index (Phi) is 11.8.